The van der Waals surface area contributed by atoms with E-state index in [1.165, 1.54) is 6.20 Å². The molecule has 0 radical (unpaired) electrons. The van der Waals surface area contributed by atoms with E-state index in [1.54, 1.807) is 0 Å². The van der Waals surface area contributed by atoms with Crippen LogP contribution in [-0.2, 0) is 10.0 Å². The number of anilines is 2. The van der Waals surface area contributed by atoms with Crippen molar-refractivity contribution in [2.75, 3.05) is 10.5 Å². The Kier molecular flexibility index (Phi) is 3.34. The number of halogens is 2. The van der Waals surface area contributed by atoms with Gasteiger partial charge in [-0.05, 0) is 18.2 Å². The zero-order valence-corrected chi connectivity index (χ0v) is 10.3. The van der Waals surface area contributed by atoms with Gasteiger partial charge in [0, 0.05) is 12.3 Å². The van der Waals surface area contributed by atoms with Crippen molar-refractivity contribution < 1.29 is 17.2 Å². The molecule has 1 aromatic carbocycles. The van der Waals surface area contributed by atoms with Crippen LogP contribution in [-0.4, -0.2) is 13.4 Å². The summed E-state index contributed by atoms with van der Waals surface area (Å²) in [7, 11) is -4.13. The van der Waals surface area contributed by atoms with Gasteiger partial charge in [-0.25, -0.2) is 22.2 Å². The number of pyridine rings is 1. The zero-order valence-electron chi connectivity index (χ0n) is 9.47. The SMILES string of the molecule is Nc1cc(S(=O)(=O)Nc2c(F)cccc2F)ccn1. The first kappa shape index (κ1) is 13.2. The minimum absolute atomic E-state index is 0.0168. The van der Waals surface area contributed by atoms with Crippen molar-refractivity contribution in [3.05, 3.63) is 48.2 Å². The Hall–Kier alpha value is -2.22. The lowest BCUT2D eigenvalue weighted by molar-refractivity contribution is 0.583. The lowest BCUT2D eigenvalue weighted by Gasteiger charge is -2.09. The van der Waals surface area contributed by atoms with Crippen LogP contribution < -0.4 is 10.5 Å². The van der Waals surface area contributed by atoms with E-state index in [9.17, 15) is 17.2 Å². The smallest absolute Gasteiger partial charge is 0.262 e. The molecule has 0 saturated heterocycles. The van der Waals surface area contributed by atoms with E-state index in [4.69, 9.17) is 5.73 Å². The first-order valence-corrected chi connectivity index (χ1v) is 6.57. The van der Waals surface area contributed by atoms with Crippen molar-refractivity contribution in [3.8, 4) is 0 Å². The van der Waals surface area contributed by atoms with E-state index in [1.807, 2.05) is 4.72 Å². The molecule has 19 heavy (non-hydrogen) atoms. The van der Waals surface area contributed by atoms with E-state index >= 15 is 0 Å². The molecule has 0 aliphatic carbocycles. The van der Waals surface area contributed by atoms with E-state index in [0.29, 0.717) is 0 Å². The van der Waals surface area contributed by atoms with Gasteiger partial charge < -0.3 is 5.73 Å². The fourth-order valence-electron chi connectivity index (χ4n) is 1.38. The molecule has 0 atom stereocenters. The topological polar surface area (TPSA) is 85.1 Å². The number of hydrogen-bond acceptors (Lipinski definition) is 4. The molecular weight excluding hydrogens is 276 g/mol. The molecule has 100 valence electrons. The van der Waals surface area contributed by atoms with Crippen molar-refractivity contribution in [2.45, 2.75) is 4.90 Å². The summed E-state index contributed by atoms with van der Waals surface area (Å²) in [5.74, 6) is -2.03. The van der Waals surface area contributed by atoms with E-state index in [2.05, 4.69) is 4.98 Å². The normalized spacial score (nSPS) is 11.3. The maximum atomic E-state index is 13.4. The van der Waals surface area contributed by atoms with Crippen molar-refractivity contribution in [3.63, 3.8) is 0 Å². The van der Waals surface area contributed by atoms with Crippen LogP contribution in [0.25, 0.3) is 0 Å². The molecule has 0 amide bonds. The van der Waals surface area contributed by atoms with Gasteiger partial charge in [-0.1, -0.05) is 6.07 Å². The summed E-state index contributed by atoms with van der Waals surface area (Å²) in [6.07, 6.45) is 1.18. The summed E-state index contributed by atoms with van der Waals surface area (Å²) in [5, 5.41) is 0. The minimum Gasteiger partial charge on any atom is -0.384 e. The summed E-state index contributed by atoms with van der Waals surface area (Å²) in [6.45, 7) is 0. The van der Waals surface area contributed by atoms with Gasteiger partial charge in [0.05, 0.1) is 4.90 Å². The molecule has 0 unspecified atom stereocenters. The van der Waals surface area contributed by atoms with E-state index < -0.39 is 27.3 Å². The third kappa shape index (κ3) is 2.79. The van der Waals surface area contributed by atoms with E-state index in [-0.39, 0.29) is 10.7 Å². The average Bonchev–Trinajstić information content (AvgIpc) is 2.34. The molecule has 1 aromatic heterocycles. The number of sulfonamides is 1. The average molecular weight is 285 g/mol. The molecule has 0 fully saturated rings. The molecule has 3 N–H and O–H groups in total. The van der Waals surface area contributed by atoms with Gasteiger partial charge >= 0.3 is 0 Å². The van der Waals surface area contributed by atoms with Crippen LogP contribution in [0.1, 0.15) is 0 Å². The number of para-hydroxylation sites is 1. The second-order valence-electron chi connectivity index (χ2n) is 3.62. The van der Waals surface area contributed by atoms with Gasteiger partial charge in [-0.2, -0.15) is 0 Å². The van der Waals surface area contributed by atoms with Crippen molar-refractivity contribution >= 4 is 21.5 Å². The molecule has 5 nitrogen and oxygen atoms in total. The number of rotatable bonds is 3. The Morgan fingerprint density at radius 2 is 1.79 bits per heavy atom. The molecule has 8 heteroatoms. The number of nitrogens with zero attached hydrogens (tertiary/aromatic N) is 1. The molecule has 0 spiro atoms. The lowest BCUT2D eigenvalue weighted by Crippen LogP contribution is -2.15. The third-order valence-electron chi connectivity index (χ3n) is 2.26. The van der Waals surface area contributed by atoms with Gasteiger partial charge in [0.1, 0.15) is 23.1 Å². The molecule has 0 saturated carbocycles. The number of aromatic nitrogens is 1. The predicted molar refractivity (Wildman–Crippen MR) is 65.8 cm³/mol. The molecule has 1 heterocycles. The fraction of sp³-hybridized carbons (Fsp3) is 0. The first-order chi connectivity index (χ1) is 8.90. The lowest BCUT2D eigenvalue weighted by atomic mass is 10.3. The van der Waals surface area contributed by atoms with Crippen molar-refractivity contribution in [1.29, 1.82) is 0 Å². The number of nitrogens with one attached hydrogen (secondary N) is 1. The maximum absolute atomic E-state index is 13.4. The quantitative estimate of drug-likeness (QED) is 0.899. The molecular formula is C11H9F2N3O2S. The monoisotopic (exact) mass is 285 g/mol. The second kappa shape index (κ2) is 4.81. The van der Waals surface area contributed by atoms with Crippen LogP contribution in [0.2, 0.25) is 0 Å². The minimum atomic E-state index is -4.13. The Bertz CT molecular complexity index is 699. The van der Waals surface area contributed by atoms with Crippen LogP contribution >= 0.6 is 0 Å². The van der Waals surface area contributed by atoms with Crippen molar-refractivity contribution in [2.24, 2.45) is 0 Å². The van der Waals surface area contributed by atoms with Crippen LogP contribution in [0.3, 0.4) is 0 Å². The van der Waals surface area contributed by atoms with Gasteiger partial charge in [0.25, 0.3) is 10.0 Å². The highest BCUT2D eigenvalue weighted by atomic mass is 32.2. The Morgan fingerprint density at radius 3 is 2.37 bits per heavy atom. The van der Waals surface area contributed by atoms with Crippen LogP contribution in [0.15, 0.2) is 41.4 Å². The number of hydrogen-bond donors (Lipinski definition) is 2. The van der Waals surface area contributed by atoms with Crippen LogP contribution in [0, 0.1) is 11.6 Å². The maximum Gasteiger partial charge on any atom is 0.262 e. The highest BCUT2D eigenvalue weighted by molar-refractivity contribution is 7.92. The highest BCUT2D eigenvalue weighted by Crippen LogP contribution is 2.22. The molecule has 2 rings (SSSR count). The van der Waals surface area contributed by atoms with Gasteiger partial charge in [0.2, 0.25) is 0 Å². The molecule has 0 aliphatic rings. The molecule has 2 aromatic rings. The number of benzene rings is 1. The number of nitrogens with two attached hydrogens (primary N) is 1. The molecule has 0 aliphatic heterocycles. The standard InChI is InChI=1S/C11H9F2N3O2S/c12-8-2-1-3-9(13)11(8)16-19(17,18)7-4-5-15-10(14)6-7/h1-6,16H,(H2,14,15). The summed E-state index contributed by atoms with van der Waals surface area (Å²) in [5.41, 5.74) is 4.62. The third-order valence-corrected chi connectivity index (χ3v) is 3.61. The summed E-state index contributed by atoms with van der Waals surface area (Å²) < 4.78 is 52.4. The molecule has 0 bridgehead atoms. The van der Waals surface area contributed by atoms with Crippen LogP contribution in [0.5, 0.6) is 0 Å². The van der Waals surface area contributed by atoms with Gasteiger partial charge in [-0.15, -0.1) is 0 Å². The van der Waals surface area contributed by atoms with Crippen molar-refractivity contribution in [1.82, 2.24) is 4.98 Å². The van der Waals surface area contributed by atoms with E-state index in [0.717, 1.165) is 30.3 Å². The zero-order chi connectivity index (χ0) is 14.0. The van der Waals surface area contributed by atoms with Gasteiger partial charge in [-0.3, -0.25) is 4.72 Å². The summed E-state index contributed by atoms with van der Waals surface area (Å²) in [6, 6.07) is 5.27. The Labute approximate surface area is 108 Å². The van der Waals surface area contributed by atoms with Gasteiger partial charge in [0.15, 0.2) is 0 Å². The van der Waals surface area contributed by atoms with Crippen LogP contribution in [0.4, 0.5) is 20.3 Å². The number of nitrogen functional groups attached to an aromatic ring is 1. The Balaban J connectivity index is 2.42. The fourth-order valence-corrected chi connectivity index (χ4v) is 2.48. The largest absolute Gasteiger partial charge is 0.384 e. The highest BCUT2D eigenvalue weighted by Gasteiger charge is 2.19. The Morgan fingerprint density at radius 1 is 1.16 bits per heavy atom. The first-order valence-electron chi connectivity index (χ1n) is 5.08. The summed E-state index contributed by atoms with van der Waals surface area (Å²) in [4.78, 5) is 3.40. The second-order valence-corrected chi connectivity index (χ2v) is 5.30. The predicted octanol–water partition coefficient (Wildman–Crippen LogP) is 1.74. The summed E-state index contributed by atoms with van der Waals surface area (Å²) >= 11 is 0.